The minimum Gasteiger partial charge on any atom is -0.481 e. The lowest BCUT2D eigenvalue weighted by Crippen LogP contribution is -2.77. The maximum Gasteiger partial charge on any atom is 0.306 e. The van der Waals surface area contributed by atoms with Gasteiger partial charge in [0, 0.05) is 43.8 Å². The number of likely N-dealkylation sites (tertiary alicyclic amines) is 2. The van der Waals surface area contributed by atoms with Crippen molar-refractivity contribution in [1.29, 1.82) is 0 Å². The Kier molecular flexibility index (Phi) is 8.22. The van der Waals surface area contributed by atoms with E-state index in [2.05, 4.69) is 65.7 Å². The lowest BCUT2D eigenvalue weighted by molar-refractivity contribution is -0.143. The van der Waals surface area contributed by atoms with Gasteiger partial charge in [-0.2, -0.15) is 0 Å². The number of hydrogen-bond acceptors (Lipinski definition) is 8. The number of carbonyl (C=O) groups excluding carboxylic acids is 1. The van der Waals surface area contributed by atoms with Crippen LogP contribution in [0.1, 0.15) is 31.2 Å². The molecule has 11 nitrogen and oxygen atoms in total. The van der Waals surface area contributed by atoms with E-state index in [9.17, 15) is 14.7 Å². The molecule has 1 aromatic rings. The fraction of sp³-hybridized carbons (Fsp3) is 0.654. The van der Waals surface area contributed by atoms with Gasteiger partial charge in [-0.1, -0.05) is 12.1 Å². The Balaban J connectivity index is 1.20. The van der Waals surface area contributed by atoms with Gasteiger partial charge in [0.05, 0.1) is 18.0 Å². The molecule has 0 radical (unpaired) electrons. The molecule has 200 valence electrons. The number of carbonyl (C=O) groups is 2. The van der Waals surface area contributed by atoms with Gasteiger partial charge in [-0.15, -0.1) is 0 Å². The zero-order valence-electron chi connectivity index (χ0n) is 21.2. The minimum atomic E-state index is -0.682. The average Bonchev–Trinajstić information content (AvgIpc) is 2.91. The lowest BCUT2D eigenvalue weighted by Gasteiger charge is -2.49. The molecule has 0 bridgehead atoms. The molecule has 0 saturated carbocycles. The first-order chi connectivity index (χ1) is 18.0. The van der Waals surface area contributed by atoms with Gasteiger partial charge < -0.3 is 15.3 Å². The molecule has 6 N–H and O–H groups in total. The maximum absolute atomic E-state index is 12.8. The Morgan fingerprint density at radius 3 is 2.49 bits per heavy atom. The molecule has 4 aliphatic heterocycles. The van der Waals surface area contributed by atoms with Crippen molar-refractivity contribution in [3.63, 3.8) is 0 Å². The third kappa shape index (κ3) is 6.22. The largest absolute Gasteiger partial charge is 0.481 e. The second-order valence-electron chi connectivity index (χ2n) is 10.8. The predicted octanol–water partition coefficient (Wildman–Crippen LogP) is 0.448. The van der Waals surface area contributed by atoms with Gasteiger partial charge in [-0.25, -0.2) is 12.0 Å². The van der Waals surface area contributed by atoms with E-state index >= 15 is 0 Å². The zero-order chi connectivity index (χ0) is 25.8. The Morgan fingerprint density at radius 1 is 1.08 bits per heavy atom. The van der Waals surface area contributed by atoms with E-state index in [0.717, 1.165) is 51.3 Å². The number of amides is 1. The van der Waals surface area contributed by atoms with E-state index < -0.39 is 5.97 Å². The van der Waals surface area contributed by atoms with E-state index in [0.29, 0.717) is 31.8 Å². The van der Waals surface area contributed by atoms with Crippen LogP contribution in [0.4, 0.5) is 5.69 Å². The van der Waals surface area contributed by atoms with E-state index in [4.69, 9.17) is 6.57 Å². The molecular formula is C26H38N8O3. The van der Waals surface area contributed by atoms with E-state index in [1.54, 1.807) is 0 Å². The summed E-state index contributed by atoms with van der Waals surface area (Å²) in [6, 6.07) is 8.31. The summed E-state index contributed by atoms with van der Waals surface area (Å²) in [4.78, 5) is 32.3. The van der Waals surface area contributed by atoms with Crippen LogP contribution in [0.3, 0.4) is 0 Å². The van der Waals surface area contributed by atoms with Crippen molar-refractivity contribution in [3.8, 4) is 0 Å². The third-order valence-electron chi connectivity index (χ3n) is 8.32. The summed E-state index contributed by atoms with van der Waals surface area (Å²) in [6.07, 6.45) is 3.15. The van der Waals surface area contributed by atoms with Crippen molar-refractivity contribution in [2.24, 2.45) is 17.8 Å². The van der Waals surface area contributed by atoms with Crippen LogP contribution < -0.4 is 26.8 Å². The Morgan fingerprint density at radius 2 is 1.81 bits per heavy atom. The van der Waals surface area contributed by atoms with Crippen molar-refractivity contribution >= 4 is 17.6 Å². The number of rotatable bonds is 7. The molecule has 1 aromatic carbocycles. The van der Waals surface area contributed by atoms with Gasteiger partial charge in [0.1, 0.15) is 6.29 Å². The number of hydrogen-bond donors (Lipinski definition) is 6. The highest BCUT2D eigenvalue weighted by Gasteiger charge is 2.45. The fourth-order valence-electron chi connectivity index (χ4n) is 6.06. The van der Waals surface area contributed by atoms with E-state index in [-0.39, 0.29) is 36.2 Å². The monoisotopic (exact) mass is 510 g/mol. The van der Waals surface area contributed by atoms with Crippen LogP contribution in [0.15, 0.2) is 24.3 Å². The second-order valence-corrected chi connectivity index (χ2v) is 10.8. The van der Waals surface area contributed by atoms with Crippen LogP contribution >= 0.6 is 0 Å². The van der Waals surface area contributed by atoms with Gasteiger partial charge in [0.25, 0.3) is 0 Å². The molecule has 0 aliphatic carbocycles. The van der Waals surface area contributed by atoms with Crippen molar-refractivity contribution in [1.82, 2.24) is 31.3 Å². The molecule has 4 heterocycles. The number of piperidine rings is 2. The van der Waals surface area contributed by atoms with E-state index in [1.807, 2.05) is 0 Å². The first-order valence-corrected chi connectivity index (χ1v) is 13.4. The lowest BCUT2D eigenvalue weighted by atomic mass is 9.90. The maximum atomic E-state index is 12.8. The normalized spacial score (nSPS) is 30.2. The number of benzene rings is 1. The SMILES string of the molecule is [C-]#[N+]CC1CCN(C2NC3CNNC(=O)C3C(Nc3ccc(CN4CCC(C(=O)O)CC4)cc3)N2)CC1. The topological polar surface area (TPSA) is 125 Å². The Hall–Kier alpha value is -2.75. The number of nitrogens with one attached hydrogen (secondary N) is 5. The molecule has 4 aliphatic rings. The number of aliphatic carboxylic acids is 1. The summed E-state index contributed by atoms with van der Waals surface area (Å²) < 4.78 is 0. The molecule has 37 heavy (non-hydrogen) atoms. The van der Waals surface area contributed by atoms with Crippen LogP contribution in [-0.4, -0.2) is 84.5 Å². The van der Waals surface area contributed by atoms with Crippen LogP contribution in [0.2, 0.25) is 0 Å². The molecule has 0 spiro atoms. The molecule has 5 rings (SSSR count). The molecule has 4 saturated heterocycles. The Labute approximate surface area is 218 Å². The number of nitrogens with zero attached hydrogens (tertiary/aromatic N) is 3. The average molecular weight is 511 g/mol. The summed E-state index contributed by atoms with van der Waals surface area (Å²) in [7, 11) is 0. The van der Waals surface area contributed by atoms with Gasteiger partial charge in [0.2, 0.25) is 12.5 Å². The molecular weight excluding hydrogens is 472 g/mol. The van der Waals surface area contributed by atoms with Crippen LogP contribution in [-0.2, 0) is 16.1 Å². The number of carboxylic acids is 1. The molecule has 1 amide bonds. The first kappa shape index (κ1) is 25.9. The fourth-order valence-corrected chi connectivity index (χ4v) is 6.06. The third-order valence-corrected chi connectivity index (χ3v) is 8.32. The van der Waals surface area contributed by atoms with Gasteiger partial charge in [-0.05, 0) is 56.5 Å². The van der Waals surface area contributed by atoms with Crippen LogP contribution in [0.5, 0.6) is 0 Å². The first-order valence-electron chi connectivity index (χ1n) is 13.4. The molecule has 11 heteroatoms. The molecule has 4 fully saturated rings. The van der Waals surface area contributed by atoms with E-state index in [1.165, 1.54) is 5.56 Å². The molecule has 4 unspecified atom stereocenters. The van der Waals surface area contributed by atoms with Crippen LogP contribution in [0.25, 0.3) is 4.85 Å². The highest BCUT2D eigenvalue weighted by molar-refractivity contribution is 5.81. The zero-order valence-corrected chi connectivity index (χ0v) is 21.2. The molecule has 4 atom stereocenters. The number of fused-ring (bicyclic) bond motifs is 1. The van der Waals surface area contributed by atoms with Crippen molar-refractivity contribution in [2.75, 3.05) is 44.6 Å². The minimum absolute atomic E-state index is 0.00790. The summed E-state index contributed by atoms with van der Waals surface area (Å²) in [5.41, 5.74) is 7.94. The highest BCUT2D eigenvalue weighted by Crippen LogP contribution is 2.25. The van der Waals surface area contributed by atoms with Gasteiger partial charge >= 0.3 is 5.97 Å². The quantitative estimate of drug-likeness (QED) is 0.290. The summed E-state index contributed by atoms with van der Waals surface area (Å²) in [5, 5.41) is 20.1. The standard InChI is InChI=1S/C26H38N8O3/c1-27-14-17-6-12-34(13-7-17)26-30-21-15-28-32-24(35)22(21)23(31-26)29-20-4-2-18(3-5-20)16-33-10-8-19(9-11-33)25(36)37/h2-5,17,19,21-23,26,28-31H,6-16H2,(H,32,35)(H,36,37). The summed E-state index contributed by atoms with van der Waals surface area (Å²) in [5.74, 6) is -0.733. The number of carboxylic acid groups (broad SMARTS) is 1. The second kappa shape index (κ2) is 11.8. The highest BCUT2D eigenvalue weighted by atomic mass is 16.4. The predicted molar refractivity (Wildman–Crippen MR) is 139 cm³/mol. The number of hydrazine groups is 1. The molecule has 0 aromatic heterocycles. The summed E-state index contributed by atoms with van der Waals surface area (Å²) >= 11 is 0. The van der Waals surface area contributed by atoms with Crippen LogP contribution in [0, 0.1) is 24.3 Å². The Bertz CT molecular complexity index is 983. The van der Waals surface area contributed by atoms with Gasteiger partial charge in [0.15, 0.2) is 0 Å². The smallest absolute Gasteiger partial charge is 0.306 e. The van der Waals surface area contributed by atoms with Crippen molar-refractivity contribution in [2.45, 2.75) is 50.7 Å². The van der Waals surface area contributed by atoms with Gasteiger partial charge in [-0.3, -0.25) is 35.4 Å². The number of anilines is 1. The summed E-state index contributed by atoms with van der Waals surface area (Å²) in [6.45, 7) is 12.7. The van der Waals surface area contributed by atoms with Crippen molar-refractivity contribution < 1.29 is 14.7 Å². The van der Waals surface area contributed by atoms with Crippen molar-refractivity contribution in [3.05, 3.63) is 41.2 Å².